The normalized spacial score (nSPS) is 17.4. The predicted molar refractivity (Wildman–Crippen MR) is 88.4 cm³/mol. The smallest absolute Gasteiger partial charge is 0.231 e. The molecule has 2 aromatic rings. The van der Waals surface area contributed by atoms with Crippen LogP contribution in [-0.2, 0) is 4.79 Å². The van der Waals surface area contributed by atoms with Crippen LogP contribution in [0.3, 0.4) is 0 Å². The number of para-hydroxylation sites is 3. The third kappa shape index (κ3) is 3.06. The lowest BCUT2D eigenvalue weighted by Crippen LogP contribution is -2.38. The molecular weight excluding hydrogens is 276 g/mol. The number of hydrogen-bond acceptors (Lipinski definition) is 3. The minimum atomic E-state index is -0.0517. The van der Waals surface area contributed by atoms with Gasteiger partial charge in [-0.2, -0.15) is 0 Å². The first kappa shape index (κ1) is 14.4. The summed E-state index contributed by atoms with van der Waals surface area (Å²) in [6.07, 6.45) is 0. The van der Waals surface area contributed by atoms with Gasteiger partial charge >= 0.3 is 0 Å². The Labute approximate surface area is 130 Å². The number of rotatable bonds is 4. The quantitative estimate of drug-likeness (QED) is 0.942. The SMILES string of the molecule is C[C@H]1CNc2ccccc2N(CCOc2ccccc2)C1=O. The van der Waals surface area contributed by atoms with E-state index in [-0.39, 0.29) is 11.8 Å². The van der Waals surface area contributed by atoms with Crippen LogP contribution in [0.15, 0.2) is 54.6 Å². The molecule has 0 unspecified atom stereocenters. The highest BCUT2D eigenvalue weighted by Gasteiger charge is 2.26. The molecule has 4 heteroatoms. The zero-order valence-electron chi connectivity index (χ0n) is 12.7. The summed E-state index contributed by atoms with van der Waals surface area (Å²) in [5.41, 5.74) is 1.92. The molecule has 2 aromatic carbocycles. The summed E-state index contributed by atoms with van der Waals surface area (Å²) in [5, 5.41) is 3.34. The lowest BCUT2D eigenvalue weighted by atomic mass is 10.1. The molecule has 1 aliphatic rings. The van der Waals surface area contributed by atoms with Gasteiger partial charge in [0, 0.05) is 6.54 Å². The Morgan fingerprint density at radius 3 is 2.68 bits per heavy atom. The van der Waals surface area contributed by atoms with Gasteiger partial charge < -0.3 is 15.0 Å². The Kier molecular flexibility index (Phi) is 4.28. The fourth-order valence-corrected chi connectivity index (χ4v) is 2.60. The van der Waals surface area contributed by atoms with Gasteiger partial charge in [0.2, 0.25) is 5.91 Å². The van der Waals surface area contributed by atoms with Gasteiger partial charge in [-0.25, -0.2) is 0 Å². The monoisotopic (exact) mass is 296 g/mol. The first-order valence-corrected chi connectivity index (χ1v) is 7.58. The second kappa shape index (κ2) is 6.52. The number of hydrogen-bond donors (Lipinski definition) is 1. The van der Waals surface area contributed by atoms with Gasteiger partial charge in [-0.1, -0.05) is 37.3 Å². The molecule has 0 radical (unpaired) electrons. The Balaban J connectivity index is 1.74. The number of fused-ring (bicyclic) bond motifs is 1. The Morgan fingerprint density at radius 2 is 1.86 bits per heavy atom. The van der Waals surface area contributed by atoms with Crippen LogP contribution >= 0.6 is 0 Å². The van der Waals surface area contributed by atoms with E-state index in [4.69, 9.17) is 4.74 Å². The molecule has 0 fully saturated rings. The van der Waals surface area contributed by atoms with Gasteiger partial charge in [-0.05, 0) is 24.3 Å². The van der Waals surface area contributed by atoms with Gasteiger partial charge in [-0.3, -0.25) is 4.79 Å². The minimum absolute atomic E-state index is 0.0517. The zero-order chi connectivity index (χ0) is 15.4. The van der Waals surface area contributed by atoms with Crippen molar-refractivity contribution in [2.75, 3.05) is 29.9 Å². The summed E-state index contributed by atoms with van der Waals surface area (Å²) in [6.45, 7) is 3.62. The van der Waals surface area contributed by atoms with Gasteiger partial charge in [-0.15, -0.1) is 0 Å². The fourth-order valence-electron chi connectivity index (χ4n) is 2.60. The molecular formula is C18H20N2O2. The van der Waals surface area contributed by atoms with Crippen molar-refractivity contribution < 1.29 is 9.53 Å². The summed E-state index contributed by atoms with van der Waals surface area (Å²) < 4.78 is 5.73. The van der Waals surface area contributed by atoms with Crippen LogP contribution in [0.4, 0.5) is 11.4 Å². The molecule has 4 nitrogen and oxygen atoms in total. The van der Waals surface area contributed by atoms with E-state index in [1.807, 2.05) is 66.4 Å². The molecule has 114 valence electrons. The van der Waals surface area contributed by atoms with Crippen molar-refractivity contribution in [2.45, 2.75) is 6.92 Å². The van der Waals surface area contributed by atoms with E-state index >= 15 is 0 Å². The first-order valence-electron chi connectivity index (χ1n) is 7.58. The molecule has 0 saturated heterocycles. The molecule has 1 amide bonds. The van der Waals surface area contributed by atoms with Crippen LogP contribution < -0.4 is 15.0 Å². The van der Waals surface area contributed by atoms with E-state index in [0.29, 0.717) is 19.7 Å². The van der Waals surface area contributed by atoms with Gasteiger partial charge in [0.25, 0.3) is 0 Å². The van der Waals surface area contributed by atoms with E-state index < -0.39 is 0 Å². The molecule has 1 heterocycles. The van der Waals surface area contributed by atoms with Crippen molar-refractivity contribution in [2.24, 2.45) is 5.92 Å². The average molecular weight is 296 g/mol. The van der Waals surface area contributed by atoms with E-state index in [2.05, 4.69) is 5.32 Å². The summed E-state index contributed by atoms with van der Waals surface area (Å²) in [4.78, 5) is 14.4. The van der Waals surface area contributed by atoms with Crippen molar-refractivity contribution in [3.8, 4) is 5.75 Å². The third-order valence-electron chi connectivity index (χ3n) is 3.81. The topological polar surface area (TPSA) is 41.6 Å². The number of benzene rings is 2. The number of carbonyl (C=O) groups is 1. The number of nitrogens with zero attached hydrogens (tertiary/aromatic N) is 1. The second-order valence-corrected chi connectivity index (χ2v) is 5.45. The molecule has 1 aliphatic heterocycles. The summed E-state index contributed by atoms with van der Waals surface area (Å²) >= 11 is 0. The number of nitrogens with one attached hydrogen (secondary N) is 1. The maximum absolute atomic E-state index is 12.6. The fraction of sp³-hybridized carbons (Fsp3) is 0.278. The maximum atomic E-state index is 12.6. The lowest BCUT2D eigenvalue weighted by Gasteiger charge is -2.24. The van der Waals surface area contributed by atoms with Crippen molar-refractivity contribution in [1.29, 1.82) is 0 Å². The van der Waals surface area contributed by atoms with E-state index in [1.165, 1.54) is 0 Å². The molecule has 0 aromatic heterocycles. The molecule has 1 atom stereocenters. The van der Waals surface area contributed by atoms with Crippen LogP contribution in [0.1, 0.15) is 6.92 Å². The number of carbonyl (C=O) groups excluding carboxylic acids is 1. The predicted octanol–water partition coefficient (Wildman–Crippen LogP) is 3.16. The summed E-state index contributed by atoms with van der Waals surface area (Å²) in [6, 6.07) is 17.6. The van der Waals surface area contributed by atoms with E-state index in [9.17, 15) is 4.79 Å². The third-order valence-corrected chi connectivity index (χ3v) is 3.81. The highest BCUT2D eigenvalue weighted by atomic mass is 16.5. The number of ether oxygens (including phenoxy) is 1. The standard InChI is InChI=1S/C18H20N2O2/c1-14-13-19-16-9-5-6-10-17(16)20(18(14)21)11-12-22-15-7-3-2-4-8-15/h2-10,14,19H,11-13H2,1H3/t14-/m0/s1. The minimum Gasteiger partial charge on any atom is -0.492 e. The first-order chi connectivity index (χ1) is 10.8. The largest absolute Gasteiger partial charge is 0.492 e. The number of anilines is 2. The van der Waals surface area contributed by atoms with Crippen LogP contribution in [0.5, 0.6) is 5.75 Å². The lowest BCUT2D eigenvalue weighted by molar-refractivity contribution is -0.121. The van der Waals surface area contributed by atoms with Crippen LogP contribution in [0.25, 0.3) is 0 Å². The van der Waals surface area contributed by atoms with Gasteiger partial charge in [0.1, 0.15) is 12.4 Å². The Hall–Kier alpha value is -2.49. The molecule has 1 N–H and O–H groups in total. The summed E-state index contributed by atoms with van der Waals surface area (Å²) in [7, 11) is 0. The molecule has 0 spiro atoms. The van der Waals surface area contributed by atoms with Gasteiger partial charge in [0.15, 0.2) is 0 Å². The molecule has 0 bridgehead atoms. The van der Waals surface area contributed by atoms with Crippen molar-refractivity contribution in [3.63, 3.8) is 0 Å². The highest BCUT2D eigenvalue weighted by Crippen LogP contribution is 2.29. The Morgan fingerprint density at radius 1 is 1.14 bits per heavy atom. The Bertz CT molecular complexity index is 643. The van der Waals surface area contributed by atoms with Crippen LogP contribution in [0, 0.1) is 5.92 Å². The average Bonchev–Trinajstić information content (AvgIpc) is 2.68. The van der Waals surface area contributed by atoms with E-state index in [0.717, 1.165) is 17.1 Å². The maximum Gasteiger partial charge on any atom is 0.231 e. The van der Waals surface area contributed by atoms with Gasteiger partial charge in [0.05, 0.1) is 23.8 Å². The molecule has 0 saturated carbocycles. The molecule has 22 heavy (non-hydrogen) atoms. The van der Waals surface area contributed by atoms with Crippen LogP contribution in [0.2, 0.25) is 0 Å². The van der Waals surface area contributed by atoms with Crippen molar-refractivity contribution in [3.05, 3.63) is 54.6 Å². The molecule has 0 aliphatic carbocycles. The zero-order valence-corrected chi connectivity index (χ0v) is 12.7. The highest BCUT2D eigenvalue weighted by molar-refractivity contribution is 5.99. The molecule has 3 rings (SSSR count). The second-order valence-electron chi connectivity index (χ2n) is 5.45. The van der Waals surface area contributed by atoms with Crippen molar-refractivity contribution in [1.82, 2.24) is 0 Å². The van der Waals surface area contributed by atoms with Crippen LogP contribution in [-0.4, -0.2) is 25.6 Å². The summed E-state index contributed by atoms with van der Waals surface area (Å²) in [5.74, 6) is 0.905. The number of amides is 1. The van der Waals surface area contributed by atoms with Crippen molar-refractivity contribution >= 4 is 17.3 Å². The van der Waals surface area contributed by atoms with E-state index in [1.54, 1.807) is 0 Å².